The number of alkyl halides is 3. The van der Waals surface area contributed by atoms with Crippen LogP contribution in [0.5, 0.6) is 0 Å². The zero-order chi connectivity index (χ0) is 15.9. The third kappa shape index (κ3) is 7.34. The predicted octanol–water partition coefficient (Wildman–Crippen LogP) is 1.15. The molecule has 118 valence electrons. The highest BCUT2D eigenvalue weighted by atomic mass is 35.5. The van der Waals surface area contributed by atoms with Gasteiger partial charge in [0.15, 0.2) is 0 Å². The van der Waals surface area contributed by atoms with E-state index >= 15 is 0 Å². The second-order valence-corrected chi connectivity index (χ2v) is 5.36. The summed E-state index contributed by atoms with van der Waals surface area (Å²) in [5.41, 5.74) is 1.43. The molecular formula is C14H17ClF3NO2. The molecule has 0 bridgehead atoms. The summed E-state index contributed by atoms with van der Waals surface area (Å²) in [6, 6.07) is 8.29. The molecule has 0 unspecified atom stereocenters. The number of rotatable bonds is 2. The Labute approximate surface area is 126 Å². The molecule has 0 radical (unpaired) electrons. The number of piperidine rings is 1. The lowest BCUT2D eigenvalue weighted by Crippen LogP contribution is -2.86. The van der Waals surface area contributed by atoms with Gasteiger partial charge in [0.1, 0.15) is 5.97 Å². The van der Waals surface area contributed by atoms with Crippen LogP contribution in [-0.4, -0.2) is 25.2 Å². The minimum atomic E-state index is -5.19. The number of benzene rings is 1. The molecule has 1 aromatic rings. The number of carbonyl (C=O) groups excluding carboxylic acids is 1. The summed E-state index contributed by atoms with van der Waals surface area (Å²) >= 11 is 5.85. The summed E-state index contributed by atoms with van der Waals surface area (Å²) in [7, 11) is 0. The molecule has 1 aromatic carbocycles. The molecule has 0 spiro atoms. The molecule has 2 rings (SSSR count). The van der Waals surface area contributed by atoms with Gasteiger partial charge in [-0.05, 0) is 42.9 Å². The third-order valence-electron chi connectivity index (χ3n) is 3.23. The number of quaternary nitrogens is 1. The quantitative estimate of drug-likeness (QED) is 0.888. The van der Waals surface area contributed by atoms with Crippen LogP contribution in [0.25, 0.3) is 0 Å². The predicted molar refractivity (Wildman–Crippen MR) is 70.6 cm³/mol. The Morgan fingerprint density at radius 2 is 1.71 bits per heavy atom. The monoisotopic (exact) mass is 323 g/mol. The summed E-state index contributed by atoms with van der Waals surface area (Å²) in [5, 5.41) is 12.0. The summed E-state index contributed by atoms with van der Waals surface area (Å²) in [4.78, 5) is 8.78. The van der Waals surface area contributed by atoms with E-state index in [4.69, 9.17) is 21.5 Å². The van der Waals surface area contributed by atoms with Gasteiger partial charge in [-0.25, -0.2) is 0 Å². The van der Waals surface area contributed by atoms with E-state index in [1.807, 2.05) is 12.1 Å². The van der Waals surface area contributed by atoms with Crippen molar-refractivity contribution >= 4 is 17.6 Å². The van der Waals surface area contributed by atoms with E-state index < -0.39 is 12.1 Å². The summed E-state index contributed by atoms with van der Waals surface area (Å²) in [6.07, 6.45) is -1.24. The standard InChI is InChI=1S/C12H16ClN.C2HF3O2/c13-12-3-1-10(2-4-12)9-11-5-7-14-8-6-11;3-2(4,5)1(6)7/h1-4,11,14H,5-9H2;(H,6,7). The zero-order valence-electron chi connectivity index (χ0n) is 11.3. The normalized spacial score (nSPS) is 16.0. The molecular weight excluding hydrogens is 307 g/mol. The number of halogens is 4. The van der Waals surface area contributed by atoms with Gasteiger partial charge in [-0.3, -0.25) is 0 Å². The Morgan fingerprint density at radius 3 is 2.14 bits per heavy atom. The van der Waals surface area contributed by atoms with Crippen LogP contribution in [0, 0.1) is 5.92 Å². The van der Waals surface area contributed by atoms with Crippen LogP contribution >= 0.6 is 11.6 Å². The van der Waals surface area contributed by atoms with E-state index in [1.165, 1.54) is 37.9 Å². The molecule has 21 heavy (non-hydrogen) atoms. The Bertz CT molecular complexity index is 443. The van der Waals surface area contributed by atoms with Crippen molar-refractivity contribution in [1.29, 1.82) is 0 Å². The first kappa shape index (κ1) is 17.8. The van der Waals surface area contributed by atoms with Crippen LogP contribution in [0.3, 0.4) is 0 Å². The van der Waals surface area contributed by atoms with E-state index in [0.717, 1.165) is 10.9 Å². The Kier molecular flexibility index (Phi) is 6.98. The van der Waals surface area contributed by atoms with Gasteiger partial charge in [0, 0.05) is 5.02 Å². The maximum atomic E-state index is 10.5. The maximum Gasteiger partial charge on any atom is 0.430 e. The van der Waals surface area contributed by atoms with Gasteiger partial charge in [0.05, 0.1) is 13.1 Å². The SMILES string of the molecule is Clc1ccc(CC2CC[NH2+]CC2)cc1.O=C([O-])C(F)(F)F. The Morgan fingerprint density at radius 1 is 1.24 bits per heavy atom. The molecule has 0 saturated carbocycles. The van der Waals surface area contributed by atoms with Crippen LogP contribution in [-0.2, 0) is 11.2 Å². The molecule has 7 heteroatoms. The first-order chi connectivity index (χ1) is 9.79. The van der Waals surface area contributed by atoms with Gasteiger partial charge in [-0.2, -0.15) is 13.2 Å². The lowest BCUT2D eigenvalue weighted by molar-refractivity contribution is -0.664. The summed E-state index contributed by atoms with van der Waals surface area (Å²) in [5.74, 6) is -2.12. The van der Waals surface area contributed by atoms with Gasteiger partial charge in [0.2, 0.25) is 0 Å². The average molecular weight is 324 g/mol. The minimum absolute atomic E-state index is 0.839. The molecule has 1 heterocycles. The number of carboxylic acid groups (broad SMARTS) is 1. The number of aliphatic carboxylic acids is 1. The van der Waals surface area contributed by atoms with E-state index in [0.29, 0.717) is 0 Å². The van der Waals surface area contributed by atoms with E-state index in [2.05, 4.69) is 17.4 Å². The van der Waals surface area contributed by atoms with Crippen molar-refractivity contribution in [3.8, 4) is 0 Å². The lowest BCUT2D eigenvalue weighted by Gasteiger charge is -2.20. The van der Waals surface area contributed by atoms with Gasteiger partial charge < -0.3 is 15.2 Å². The molecule has 1 fully saturated rings. The number of carboxylic acids is 1. The summed E-state index contributed by atoms with van der Waals surface area (Å²) < 4.78 is 31.5. The molecule has 0 aromatic heterocycles. The average Bonchev–Trinajstić information content (AvgIpc) is 2.42. The van der Waals surface area contributed by atoms with Crippen LogP contribution in [0.2, 0.25) is 5.02 Å². The fourth-order valence-corrected chi connectivity index (χ4v) is 2.28. The fourth-order valence-electron chi connectivity index (χ4n) is 2.15. The first-order valence-electron chi connectivity index (χ1n) is 6.63. The molecule has 0 aliphatic carbocycles. The van der Waals surface area contributed by atoms with Crippen molar-refractivity contribution < 1.29 is 28.4 Å². The zero-order valence-corrected chi connectivity index (χ0v) is 12.1. The Hall–Kier alpha value is -1.27. The van der Waals surface area contributed by atoms with Crippen LogP contribution in [0.1, 0.15) is 18.4 Å². The van der Waals surface area contributed by atoms with Crippen LogP contribution in [0.4, 0.5) is 13.2 Å². The number of carbonyl (C=O) groups is 1. The number of nitrogens with two attached hydrogens (primary N) is 1. The highest BCUT2D eigenvalue weighted by Gasteiger charge is 2.28. The van der Waals surface area contributed by atoms with E-state index in [-0.39, 0.29) is 0 Å². The van der Waals surface area contributed by atoms with Gasteiger partial charge in [-0.1, -0.05) is 23.7 Å². The molecule has 3 nitrogen and oxygen atoms in total. The second kappa shape index (κ2) is 8.24. The smallest absolute Gasteiger partial charge is 0.430 e. The Balaban J connectivity index is 0.000000270. The van der Waals surface area contributed by atoms with Gasteiger partial charge in [0.25, 0.3) is 0 Å². The largest absolute Gasteiger partial charge is 0.542 e. The molecule has 0 atom stereocenters. The van der Waals surface area contributed by atoms with Gasteiger partial charge >= 0.3 is 6.18 Å². The van der Waals surface area contributed by atoms with Crippen LogP contribution < -0.4 is 10.4 Å². The third-order valence-corrected chi connectivity index (χ3v) is 3.48. The van der Waals surface area contributed by atoms with Crippen LogP contribution in [0.15, 0.2) is 24.3 Å². The van der Waals surface area contributed by atoms with Crippen molar-refractivity contribution in [1.82, 2.24) is 0 Å². The fraction of sp³-hybridized carbons (Fsp3) is 0.500. The highest BCUT2D eigenvalue weighted by Crippen LogP contribution is 2.18. The van der Waals surface area contributed by atoms with Crippen molar-refractivity contribution in [2.75, 3.05) is 13.1 Å². The molecule has 1 aliphatic heterocycles. The number of hydrogen-bond acceptors (Lipinski definition) is 2. The van der Waals surface area contributed by atoms with E-state index in [1.54, 1.807) is 0 Å². The van der Waals surface area contributed by atoms with Crippen molar-refractivity contribution in [3.63, 3.8) is 0 Å². The van der Waals surface area contributed by atoms with Crippen molar-refractivity contribution in [3.05, 3.63) is 34.9 Å². The summed E-state index contributed by atoms with van der Waals surface area (Å²) in [6.45, 7) is 2.61. The highest BCUT2D eigenvalue weighted by molar-refractivity contribution is 6.30. The topological polar surface area (TPSA) is 56.7 Å². The van der Waals surface area contributed by atoms with Crippen molar-refractivity contribution in [2.24, 2.45) is 5.92 Å². The van der Waals surface area contributed by atoms with E-state index in [9.17, 15) is 13.2 Å². The molecule has 1 saturated heterocycles. The van der Waals surface area contributed by atoms with Gasteiger partial charge in [-0.15, -0.1) is 0 Å². The molecule has 1 aliphatic rings. The molecule has 2 N–H and O–H groups in total. The maximum absolute atomic E-state index is 10.5. The number of hydrogen-bond donors (Lipinski definition) is 1. The minimum Gasteiger partial charge on any atom is -0.542 e. The second-order valence-electron chi connectivity index (χ2n) is 4.93. The van der Waals surface area contributed by atoms with Crippen molar-refractivity contribution in [2.45, 2.75) is 25.4 Å². The first-order valence-corrected chi connectivity index (χ1v) is 7.01. The lowest BCUT2D eigenvalue weighted by atomic mass is 9.91. The molecule has 0 amide bonds.